The molecule has 1 atom stereocenters. The van der Waals surface area contributed by atoms with Crippen LogP contribution >= 0.6 is 0 Å². The van der Waals surface area contributed by atoms with Crippen LogP contribution in [0.15, 0.2) is 48.5 Å². The first-order chi connectivity index (χ1) is 9.37. The van der Waals surface area contributed by atoms with E-state index in [1.54, 1.807) is 30.3 Å². The predicted octanol–water partition coefficient (Wildman–Crippen LogP) is 3.98. The number of ether oxygens (including phenoxy) is 1. The average Bonchev–Trinajstić information content (AvgIpc) is 2.37. The van der Waals surface area contributed by atoms with E-state index >= 15 is 0 Å². The monoisotopic (exact) mass is 282 g/mol. The van der Waals surface area contributed by atoms with Gasteiger partial charge in [-0.05, 0) is 18.6 Å². The number of aliphatic hydroxyl groups excluding tert-OH is 1. The molecule has 0 bridgehead atoms. The molecule has 2 aromatic carbocycles. The summed E-state index contributed by atoms with van der Waals surface area (Å²) in [5.74, 6) is -0.395. The largest absolute Gasteiger partial charge is 0.573 e. The molecule has 0 fully saturated rings. The lowest BCUT2D eigenvalue weighted by molar-refractivity contribution is -0.275. The van der Waals surface area contributed by atoms with Gasteiger partial charge >= 0.3 is 6.36 Å². The fourth-order valence-electron chi connectivity index (χ4n) is 1.85. The van der Waals surface area contributed by atoms with Crippen molar-refractivity contribution in [3.63, 3.8) is 0 Å². The van der Waals surface area contributed by atoms with Crippen molar-refractivity contribution in [1.82, 2.24) is 0 Å². The van der Waals surface area contributed by atoms with Gasteiger partial charge in [-0.15, -0.1) is 13.2 Å². The molecule has 2 aromatic rings. The molecule has 0 amide bonds. The first kappa shape index (κ1) is 14.4. The summed E-state index contributed by atoms with van der Waals surface area (Å²) in [5, 5.41) is 10.2. The van der Waals surface area contributed by atoms with Crippen molar-refractivity contribution in [1.29, 1.82) is 0 Å². The maximum absolute atomic E-state index is 12.3. The molecule has 0 aliphatic carbocycles. The number of para-hydroxylation sites is 1. The van der Waals surface area contributed by atoms with Gasteiger partial charge in [-0.25, -0.2) is 0 Å². The Kier molecular flexibility index (Phi) is 3.99. The topological polar surface area (TPSA) is 29.5 Å². The van der Waals surface area contributed by atoms with Crippen LogP contribution in [0, 0.1) is 6.92 Å². The first-order valence-electron chi connectivity index (χ1n) is 5.96. The van der Waals surface area contributed by atoms with Gasteiger partial charge in [0, 0.05) is 5.56 Å². The standard InChI is InChI=1S/C15H13F3O2/c1-10-6-8-11(9-7-10)14(19)12-4-2-3-5-13(12)20-15(16,17)18/h2-9,14,19H,1H3. The van der Waals surface area contributed by atoms with Crippen LogP contribution < -0.4 is 4.74 Å². The SMILES string of the molecule is Cc1ccc(C(O)c2ccccc2OC(F)(F)F)cc1. The highest BCUT2D eigenvalue weighted by Gasteiger charge is 2.32. The van der Waals surface area contributed by atoms with E-state index in [9.17, 15) is 18.3 Å². The van der Waals surface area contributed by atoms with Crippen LogP contribution in [0.5, 0.6) is 5.75 Å². The molecule has 2 rings (SSSR count). The Bertz CT molecular complexity index is 576. The van der Waals surface area contributed by atoms with Crippen LogP contribution in [0.1, 0.15) is 22.8 Å². The summed E-state index contributed by atoms with van der Waals surface area (Å²) in [6.07, 6.45) is -5.96. The predicted molar refractivity (Wildman–Crippen MR) is 68.4 cm³/mol. The van der Waals surface area contributed by atoms with Crippen LogP contribution in [-0.4, -0.2) is 11.5 Å². The third-order valence-corrected chi connectivity index (χ3v) is 2.83. The minimum absolute atomic E-state index is 0.0775. The number of aryl methyl sites for hydroxylation is 1. The summed E-state index contributed by atoms with van der Waals surface area (Å²) in [5.41, 5.74) is 1.59. The van der Waals surface area contributed by atoms with Crippen molar-refractivity contribution in [3.05, 3.63) is 65.2 Å². The summed E-state index contributed by atoms with van der Waals surface area (Å²) in [4.78, 5) is 0. The van der Waals surface area contributed by atoms with Crippen LogP contribution in [-0.2, 0) is 0 Å². The second kappa shape index (κ2) is 5.54. The fraction of sp³-hybridized carbons (Fsp3) is 0.200. The molecule has 1 N–H and O–H groups in total. The number of halogens is 3. The smallest absolute Gasteiger partial charge is 0.405 e. The zero-order valence-corrected chi connectivity index (χ0v) is 10.7. The summed E-state index contributed by atoms with van der Waals surface area (Å²) in [7, 11) is 0. The lowest BCUT2D eigenvalue weighted by atomic mass is 10.00. The van der Waals surface area contributed by atoms with E-state index in [0.717, 1.165) is 5.56 Å². The lowest BCUT2D eigenvalue weighted by Crippen LogP contribution is -2.18. The van der Waals surface area contributed by atoms with Gasteiger partial charge in [0.2, 0.25) is 0 Å². The Labute approximate surface area is 114 Å². The molecular formula is C15H13F3O2. The average molecular weight is 282 g/mol. The Hall–Kier alpha value is -2.01. The molecule has 0 aliphatic heterocycles. The van der Waals surface area contributed by atoms with Gasteiger partial charge in [0.05, 0.1) is 0 Å². The van der Waals surface area contributed by atoms with Crippen molar-refractivity contribution in [3.8, 4) is 5.75 Å². The van der Waals surface area contributed by atoms with Gasteiger partial charge in [-0.3, -0.25) is 0 Å². The van der Waals surface area contributed by atoms with Crippen molar-refractivity contribution in [2.75, 3.05) is 0 Å². The van der Waals surface area contributed by atoms with E-state index < -0.39 is 18.2 Å². The molecule has 2 nitrogen and oxygen atoms in total. The minimum atomic E-state index is -4.79. The number of hydrogen-bond acceptors (Lipinski definition) is 2. The molecule has 20 heavy (non-hydrogen) atoms. The van der Waals surface area contributed by atoms with Gasteiger partial charge in [0.25, 0.3) is 0 Å². The Morgan fingerprint density at radius 3 is 2.20 bits per heavy atom. The van der Waals surface area contributed by atoms with Crippen LogP contribution in [0.4, 0.5) is 13.2 Å². The Morgan fingerprint density at radius 2 is 1.60 bits per heavy atom. The quantitative estimate of drug-likeness (QED) is 0.922. The highest BCUT2D eigenvalue weighted by molar-refractivity contribution is 5.40. The maximum Gasteiger partial charge on any atom is 0.573 e. The molecule has 106 valence electrons. The van der Waals surface area contributed by atoms with Gasteiger partial charge in [-0.2, -0.15) is 0 Å². The summed E-state index contributed by atoms with van der Waals surface area (Å²) >= 11 is 0. The number of aliphatic hydroxyl groups is 1. The maximum atomic E-state index is 12.3. The molecule has 0 aliphatic rings. The summed E-state index contributed by atoms with van der Waals surface area (Å²) in [6.45, 7) is 1.89. The van der Waals surface area contributed by atoms with Crippen molar-refractivity contribution < 1.29 is 23.0 Å². The fourth-order valence-corrected chi connectivity index (χ4v) is 1.85. The zero-order valence-electron chi connectivity index (χ0n) is 10.7. The molecule has 0 aromatic heterocycles. The Balaban J connectivity index is 2.34. The highest BCUT2D eigenvalue weighted by Crippen LogP contribution is 2.33. The van der Waals surface area contributed by atoms with Gasteiger partial charge in [-0.1, -0.05) is 48.0 Å². The van der Waals surface area contributed by atoms with E-state index in [1.165, 1.54) is 18.2 Å². The molecule has 0 saturated heterocycles. The van der Waals surface area contributed by atoms with Gasteiger partial charge < -0.3 is 9.84 Å². The molecule has 0 radical (unpaired) electrons. The van der Waals surface area contributed by atoms with Crippen LogP contribution in [0.3, 0.4) is 0 Å². The van der Waals surface area contributed by atoms with Gasteiger partial charge in [0.15, 0.2) is 0 Å². The van der Waals surface area contributed by atoms with E-state index in [2.05, 4.69) is 4.74 Å². The number of hydrogen-bond donors (Lipinski definition) is 1. The zero-order chi connectivity index (χ0) is 14.8. The second-order valence-corrected chi connectivity index (χ2v) is 4.40. The second-order valence-electron chi connectivity index (χ2n) is 4.40. The minimum Gasteiger partial charge on any atom is -0.405 e. The lowest BCUT2D eigenvalue weighted by Gasteiger charge is -2.17. The van der Waals surface area contributed by atoms with Gasteiger partial charge in [0.1, 0.15) is 11.9 Å². The molecule has 1 unspecified atom stereocenters. The number of benzene rings is 2. The van der Waals surface area contributed by atoms with Crippen LogP contribution in [0.2, 0.25) is 0 Å². The van der Waals surface area contributed by atoms with E-state index in [1.807, 2.05) is 6.92 Å². The van der Waals surface area contributed by atoms with E-state index in [0.29, 0.717) is 5.56 Å². The third-order valence-electron chi connectivity index (χ3n) is 2.83. The van der Waals surface area contributed by atoms with Crippen molar-refractivity contribution in [2.45, 2.75) is 19.4 Å². The van der Waals surface area contributed by atoms with Crippen LogP contribution in [0.25, 0.3) is 0 Å². The van der Waals surface area contributed by atoms with Crippen molar-refractivity contribution >= 4 is 0 Å². The molecule has 0 saturated carbocycles. The third kappa shape index (κ3) is 3.51. The van der Waals surface area contributed by atoms with Crippen molar-refractivity contribution in [2.24, 2.45) is 0 Å². The number of rotatable bonds is 3. The normalized spacial score (nSPS) is 13.1. The van der Waals surface area contributed by atoms with E-state index in [-0.39, 0.29) is 5.56 Å². The molecule has 0 heterocycles. The first-order valence-corrected chi connectivity index (χ1v) is 5.96. The highest BCUT2D eigenvalue weighted by atomic mass is 19.4. The molecule has 0 spiro atoms. The Morgan fingerprint density at radius 1 is 1.00 bits per heavy atom. The molecular weight excluding hydrogens is 269 g/mol. The number of alkyl halides is 3. The summed E-state index contributed by atoms with van der Waals surface area (Å²) < 4.78 is 40.9. The van der Waals surface area contributed by atoms with E-state index in [4.69, 9.17) is 0 Å². The summed E-state index contributed by atoms with van der Waals surface area (Å²) in [6, 6.07) is 12.5. The molecule has 5 heteroatoms.